The minimum Gasteiger partial charge on any atom is -0.298 e. The molecule has 0 aromatic carbocycles. The summed E-state index contributed by atoms with van der Waals surface area (Å²) in [6.45, 7) is 0. The predicted octanol–water partition coefficient (Wildman–Crippen LogP) is 1.15. The molecule has 0 aromatic rings. The quantitative estimate of drug-likeness (QED) is 0.573. The third kappa shape index (κ3) is 0.694. The van der Waals surface area contributed by atoms with Gasteiger partial charge in [-0.05, 0) is 37.5 Å². The van der Waals surface area contributed by atoms with E-state index in [1.165, 1.54) is 0 Å². The van der Waals surface area contributed by atoms with Gasteiger partial charge in [-0.3, -0.25) is 14.4 Å². The van der Waals surface area contributed by atoms with Crippen LogP contribution in [0.1, 0.15) is 32.1 Å². The smallest absolute Gasteiger partial charge is 0.157 e. The lowest BCUT2D eigenvalue weighted by Gasteiger charge is -2.55. The summed E-state index contributed by atoms with van der Waals surface area (Å²) in [5.74, 6) is -0.109. The second-order valence-corrected chi connectivity index (χ2v) is 5.94. The molecule has 1 spiro atoms. The van der Waals surface area contributed by atoms with Gasteiger partial charge in [0.15, 0.2) is 17.3 Å². The Balaban J connectivity index is 1.96. The number of ketones is 3. The topological polar surface area (TPSA) is 51.2 Å². The van der Waals surface area contributed by atoms with Crippen molar-refractivity contribution in [1.29, 1.82) is 0 Å². The third-order valence-corrected chi connectivity index (χ3v) is 5.56. The second kappa shape index (κ2) is 2.47. The monoisotopic (exact) mass is 218 g/mol. The normalized spacial score (nSPS) is 53.6. The molecule has 5 rings (SSSR count). The molecular weight excluding hydrogens is 204 g/mol. The van der Waals surface area contributed by atoms with Gasteiger partial charge in [-0.2, -0.15) is 0 Å². The molecule has 5 aliphatic rings. The highest BCUT2D eigenvalue weighted by Gasteiger charge is 2.71. The first-order chi connectivity index (χ1) is 7.66. The van der Waals surface area contributed by atoms with E-state index >= 15 is 0 Å². The first-order valence-electron chi connectivity index (χ1n) is 6.28. The van der Waals surface area contributed by atoms with Gasteiger partial charge in [-0.1, -0.05) is 6.42 Å². The number of hydrogen-bond acceptors (Lipinski definition) is 3. The molecule has 3 nitrogen and oxygen atoms in total. The van der Waals surface area contributed by atoms with Crippen molar-refractivity contribution in [3.63, 3.8) is 0 Å². The van der Waals surface area contributed by atoms with E-state index in [1.54, 1.807) is 0 Å². The molecule has 3 atom stereocenters. The fourth-order valence-corrected chi connectivity index (χ4v) is 5.00. The van der Waals surface area contributed by atoms with Gasteiger partial charge in [0.05, 0.1) is 17.3 Å². The molecule has 3 unspecified atom stereocenters. The van der Waals surface area contributed by atoms with Crippen LogP contribution >= 0.6 is 0 Å². The van der Waals surface area contributed by atoms with E-state index in [1.807, 2.05) is 0 Å². The molecule has 0 N–H and O–H groups in total. The van der Waals surface area contributed by atoms with Crippen LogP contribution in [0.4, 0.5) is 0 Å². The van der Waals surface area contributed by atoms with E-state index < -0.39 is 17.3 Å². The van der Waals surface area contributed by atoms with E-state index in [4.69, 9.17) is 0 Å². The fraction of sp³-hybridized carbons (Fsp3) is 0.769. The Labute approximate surface area is 93.6 Å². The predicted molar refractivity (Wildman–Crippen MR) is 54.5 cm³/mol. The molecule has 5 fully saturated rings. The first-order valence-corrected chi connectivity index (χ1v) is 6.28. The van der Waals surface area contributed by atoms with Gasteiger partial charge in [0.1, 0.15) is 0 Å². The largest absolute Gasteiger partial charge is 0.298 e. The highest BCUT2D eigenvalue weighted by atomic mass is 16.2. The maximum absolute atomic E-state index is 12.4. The molecule has 4 bridgehead atoms. The van der Waals surface area contributed by atoms with Crippen molar-refractivity contribution in [2.75, 3.05) is 0 Å². The maximum Gasteiger partial charge on any atom is 0.157 e. The second-order valence-electron chi connectivity index (χ2n) is 5.94. The Hall–Kier alpha value is -0.990. The highest BCUT2D eigenvalue weighted by molar-refractivity contribution is 6.28. The van der Waals surface area contributed by atoms with E-state index in [-0.39, 0.29) is 23.3 Å². The number of carbonyl (C=O) groups is 3. The van der Waals surface area contributed by atoms with Gasteiger partial charge < -0.3 is 0 Å². The molecule has 84 valence electrons. The lowest BCUT2D eigenvalue weighted by atomic mass is 9.44. The molecular formula is C13H14O3. The lowest BCUT2D eigenvalue weighted by molar-refractivity contribution is -0.174. The van der Waals surface area contributed by atoms with Crippen LogP contribution in [0.25, 0.3) is 0 Å². The molecule has 0 saturated heterocycles. The van der Waals surface area contributed by atoms with Crippen LogP contribution < -0.4 is 0 Å². The van der Waals surface area contributed by atoms with E-state index in [0.29, 0.717) is 5.92 Å². The Kier molecular flexibility index (Phi) is 1.40. The van der Waals surface area contributed by atoms with Crippen molar-refractivity contribution < 1.29 is 14.4 Å². The lowest BCUT2D eigenvalue weighted by Crippen LogP contribution is -2.66. The van der Waals surface area contributed by atoms with Gasteiger partial charge in [0, 0.05) is 0 Å². The zero-order valence-corrected chi connectivity index (χ0v) is 9.07. The van der Waals surface area contributed by atoms with E-state index in [0.717, 1.165) is 32.1 Å². The average Bonchev–Trinajstić information content (AvgIpc) is 2.72. The van der Waals surface area contributed by atoms with E-state index in [9.17, 15) is 14.4 Å². The number of carbonyl (C=O) groups excluding carboxylic acids is 3. The molecule has 0 radical (unpaired) electrons. The molecule has 0 heterocycles. The van der Waals surface area contributed by atoms with Crippen molar-refractivity contribution in [2.45, 2.75) is 32.1 Å². The van der Waals surface area contributed by atoms with Crippen LogP contribution in [0.15, 0.2) is 0 Å². The van der Waals surface area contributed by atoms with Crippen LogP contribution in [0.3, 0.4) is 0 Å². The summed E-state index contributed by atoms with van der Waals surface area (Å²) in [7, 11) is 0. The van der Waals surface area contributed by atoms with Crippen molar-refractivity contribution in [2.24, 2.45) is 29.1 Å². The Morgan fingerprint density at radius 1 is 1.00 bits per heavy atom. The van der Waals surface area contributed by atoms with E-state index in [2.05, 4.69) is 0 Å². The van der Waals surface area contributed by atoms with Crippen molar-refractivity contribution in [1.82, 2.24) is 0 Å². The summed E-state index contributed by atoms with van der Waals surface area (Å²) in [6.07, 6.45) is 4.23. The SMILES string of the molecule is O=C1C2CC3CC1C(=O)C1(CCCC31)C2=O. The van der Waals surface area contributed by atoms with Crippen molar-refractivity contribution >= 4 is 17.3 Å². The molecule has 0 amide bonds. The Morgan fingerprint density at radius 3 is 2.25 bits per heavy atom. The summed E-state index contributed by atoms with van der Waals surface area (Å²) in [5, 5.41) is 0. The van der Waals surface area contributed by atoms with Crippen LogP contribution in [-0.4, -0.2) is 17.3 Å². The zero-order chi connectivity index (χ0) is 11.1. The highest BCUT2D eigenvalue weighted by Crippen LogP contribution is 2.63. The van der Waals surface area contributed by atoms with Gasteiger partial charge in [-0.25, -0.2) is 0 Å². The Morgan fingerprint density at radius 2 is 1.62 bits per heavy atom. The van der Waals surface area contributed by atoms with Crippen LogP contribution in [-0.2, 0) is 14.4 Å². The van der Waals surface area contributed by atoms with Crippen LogP contribution in [0, 0.1) is 29.1 Å². The fourth-order valence-electron chi connectivity index (χ4n) is 5.00. The van der Waals surface area contributed by atoms with Gasteiger partial charge in [0.25, 0.3) is 0 Å². The summed E-state index contributed by atoms with van der Waals surface area (Å²) >= 11 is 0. The van der Waals surface area contributed by atoms with Crippen molar-refractivity contribution in [3.05, 3.63) is 0 Å². The summed E-state index contributed by atoms with van der Waals surface area (Å²) < 4.78 is 0. The summed E-state index contributed by atoms with van der Waals surface area (Å²) in [4.78, 5) is 36.7. The minimum atomic E-state index is -0.690. The first kappa shape index (κ1) is 9.08. The number of Topliss-reactive ketones (excluding diaryl/α,β-unsaturated/α-hetero) is 3. The van der Waals surface area contributed by atoms with Gasteiger partial charge in [-0.15, -0.1) is 0 Å². The Bertz CT molecular complexity index is 408. The van der Waals surface area contributed by atoms with Gasteiger partial charge in [0.2, 0.25) is 0 Å². The maximum atomic E-state index is 12.4. The van der Waals surface area contributed by atoms with Gasteiger partial charge >= 0.3 is 0 Å². The molecule has 0 aromatic heterocycles. The van der Waals surface area contributed by atoms with Crippen LogP contribution in [0.5, 0.6) is 0 Å². The molecule has 3 heteroatoms. The molecule has 16 heavy (non-hydrogen) atoms. The third-order valence-electron chi connectivity index (χ3n) is 5.56. The number of hydrogen-bond donors (Lipinski definition) is 0. The average molecular weight is 218 g/mol. The van der Waals surface area contributed by atoms with Crippen molar-refractivity contribution in [3.8, 4) is 0 Å². The molecule has 5 saturated carbocycles. The summed E-state index contributed by atoms with van der Waals surface area (Å²) in [5.41, 5.74) is -0.690. The number of rotatable bonds is 0. The standard InChI is InChI=1S/C13H14O3/c14-10-7-4-6-5-8(10)12(16)13(11(7)15)3-1-2-9(6)13/h6-9H,1-5H2. The van der Waals surface area contributed by atoms with Crippen LogP contribution in [0.2, 0.25) is 0 Å². The molecule has 0 aliphatic heterocycles. The summed E-state index contributed by atoms with van der Waals surface area (Å²) in [6, 6.07) is 0. The minimum absolute atomic E-state index is 0.00259. The molecule has 5 aliphatic carbocycles. The zero-order valence-electron chi connectivity index (χ0n) is 9.07.